The normalized spacial score (nSPS) is 21.1. The van der Waals surface area contributed by atoms with E-state index < -0.39 is 0 Å². The first kappa shape index (κ1) is 18.9. The van der Waals surface area contributed by atoms with Crippen LogP contribution >= 0.6 is 0 Å². The number of carbonyl (C=O) groups excluding carboxylic acids is 2. The van der Waals surface area contributed by atoms with Gasteiger partial charge < -0.3 is 15.2 Å². The number of carbonyl (C=O) groups is 2. The van der Waals surface area contributed by atoms with Gasteiger partial charge in [0.05, 0.1) is 5.52 Å². The first-order chi connectivity index (χ1) is 14.5. The van der Waals surface area contributed by atoms with Gasteiger partial charge in [0.2, 0.25) is 5.91 Å². The number of hydrogen-bond acceptors (Lipinski definition) is 2. The Morgan fingerprint density at radius 1 is 1.20 bits per heavy atom. The van der Waals surface area contributed by atoms with Crippen molar-refractivity contribution in [1.82, 2.24) is 9.88 Å². The summed E-state index contributed by atoms with van der Waals surface area (Å²) < 4.78 is 14.1. The Labute approximate surface area is 174 Å². The van der Waals surface area contributed by atoms with Gasteiger partial charge in [-0.25, -0.2) is 4.39 Å². The number of hydrogen-bond donors (Lipinski definition) is 2. The first-order valence-electron chi connectivity index (χ1n) is 10.5. The molecule has 0 spiro atoms. The summed E-state index contributed by atoms with van der Waals surface area (Å²) in [6.07, 6.45) is 3.53. The summed E-state index contributed by atoms with van der Waals surface area (Å²) in [5.74, 6) is 0.0336. The van der Waals surface area contributed by atoms with Gasteiger partial charge in [-0.3, -0.25) is 9.59 Å². The van der Waals surface area contributed by atoms with Crippen LogP contribution in [0.15, 0.2) is 42.5 Å². The fourth-order valence-electron chi connectivity index (χ4n) is 4.91. The van der Waals surface area contributed by atoms with Crippen LogP contribution in [0.1, 0.15) is 53.2 Å². The van der Waals surface area contributed by atoms with Gasteiger partial charge in [-0.1, -0.05) is 18.2 Å². The number of rotatable bonds is 3. The summed E-state index contributed by atoms with van der Waals surface area (Å²) in [5, 5.41) is 3.36. The summed E-state index contributed by atoms with van der Waals surface area (Å²) in [6.45, 7) is 2.69. The number of aromatic amines is 1. The molecule has 0 bridgehead atoms. The summed E-state index contributed by atoms with van der Waals surface area (Å²) in [6, 6.07) is 12.9. The van der Waals surface area contributed by atoms with Crippen molar-refractivity contribution in [3.05, 3.63) is 65.1 Å². The van der Waals surface area contributed by atoms with Gasteiger partial charge in [0, 0.05) is 30.1 Å². The van der Waals surface area contributed by atoms with E-state index in [1.807, 2.05) is 30.0 Å². The molecule has 2 aliphatic heterocycles. The van der Waals surface area contributed by atoms with E-state index in [1.165, 1.54) is 11.6 Å². The number of halogens is 1. The van der Waals surface area contributed by atoms with Crippen LogP contribution in [0.4, 0.5) is 10.1 Å². The lowest BCUT2D eigenvalue weighted by Gasteiger charge is -2.35. The molecule has 2 N–H and O–H groups in total. The zero-order valence-corrected chi connectivity index (χ0v) is 16.9. The molecular formula is C24H24FN3O2. The molecule has 2 saturated heterocycles. The maximum Gasteiger partial charge on any atom is 0.272 e. The van der Waals surface area contributed by atoms with Crippen molar-refractivity contribution < 1.29 is 14.0 Å². The van der Waals surface area contributed by atoms with Crippen molar-refractivity contribution in [2.75, 3.05) is 11.9 Å². The van der Waals surface area contributed by atoms with Crippen LogP contribution in [0, 0.1) is 12.7 Å². The van der Waals surface area contributed by atoms with Crippen molar-refractivity contribution in [3.8, 4) is 0 Å². The van der Waals surface area contributed by atoms with Crippen LogP contribution in [0.3, 0.4) is 0 Å². The van der Waals surface area contributed by atoms with E-state index in [0.717, 1.165) is 37.1 Å². The highest BCUT2D eigenvalue weighted by Gasteiger charge is 2.36. The topological polar surface area (TPSA) is 65.2 Å². The minimum atomic E-state index is -0.343. The quantitative estimate of drug-likeness (QED) is 0.661. The number of aryl methyl sites for hydroxylation is 1. The van der Waals surface area contributed by atoms with Crippen molar-refractivity contribution in [3.63, 3.8) is 0 Å². The smallest absolute Gasteiger partial charge is 0.272 e. The molecule has 2 atom stereocenters. The Hall–Kier alpha value is -3.15. The average Bonchev–Trinajstić information content (AvgIpc) is 3.36. The highest BCUT2D eigenvalue weighted by molar-refractivity contribution is 6.06. The zero-order valence-electron chi connectivity index (χ0n) is 16.9. The fourth-order valence-corrected chi connectivity index (χ4v) is 4.91. The Bertz CT molecular complexity index is 1110. The predicted molar refractivity (Wildman–Crippen MR) is 114 cm³/mol. The molecule has 2 amide bonds. The number of nitrogens with one attached hydrogen (secondary N) is 2. The van der Waals surface area contributed by atoms with Crippen LogP contribution in [-0.2, 0) is 4.79 Å². The number of anilines is 1. The van der Waals surface area contributed by atoms with E-state index >= 15 is 0 Å². The first-order valence-corrected chi connectivity index (χ1v) is 10.5. The number of amides is 2. The van der Waals surface area contributed by atoms with Gasteiger partial charge in [0.15, 0.2) is 0 Å². The molecule has 3 heterocycles. The van der Waals surface area contributed by atoms with Gasteiger partial charge >= 0.3 is 0 Å². The summed E-state index contributed by atoms with van der Waals surface area (Å²) in [5.41, 5.74) is 3.78. The Balaban J connectivity index is 1.34. The number of piperidine rings is 1. The van der Waals surface area contributed by atoms with Gasteiger partial charge in [0.1, 0.15) is 11.5 Å². The Kier molecular flexibility index (Phi) is 4.57. The predicted octanol–water partition coefficient (Wildman–Crippen LogP) is 4.74. The maximum atomic E-state index is 14.1. The van der Waals surface area contributed by atoms with Gasteiger partial charge in [-0.05, 0) is 67.5 Å². The lowest BCUT2D eigenvalue weighted by molar-refractivity contribution is -0.129. The summed E-state index contributed by atoms with van der Waals surface area (Å²) >= 11 is 0. The molecule has 5 rings (SSSR count). The third-order valence-electron chi connectivity index (χ3n) is 6.54. The second-order valence-corrected chi connectivity index (χ2v) is 8.42. The van der Waals surface area contributed by atoms with Crippen molar-refractivity contribution in [2.45, 2.75) is 44.6 Å². The van der Waals surface area contributed by atoms with E-state index in [1.54, 1.807) is 12.1 Å². The van der Waals surface area contributed by atoms with Crippen LogP contribution < -0.4 is 5.32 Å². The van der Waals surface area contributed by atoms with E-state index in [9.17, 15) is 14.0 Å². The monoisotopic (exact) mass is 405 g/mol. The molecule has 2 aromatic carbocycles. The van der Waals surface area contributed by atoms with E-state index in [2.05, 4.69) is 16.4 Å². The van der Waals surface area contributed by atoms with Crippen molar-refractivity contribution in [2.24, 2.45) is 0 Å². The fraction of sp³-hybridized carbons (Fsp3) is 0.333. The van der Waals surface area contributed by atoms with Crippen LogP contribution in [0.5, 0.6) is 0 Å². The number of benzene rings is 2. The lowest BCUT2D eigenvalue weighted by atomic mass is 9.85. The number of nitrogens with zero attached hydrogens (tertiary/aromatic N) is 1. The highest BCUT2D eigenvalue weighted by Crippen LogP contribution is 2.37. The highest BCUT2D eigenvalue weighted by atomic mass is 19.1. The molecule has 5 nitrogen and oxygen atoms in total. The van der Waals surface area contributed by atoms with Crippen molar-refractivity contribution >= 4 is 28.4 Å². The summed E-state index contributed by atoms with van der Waals surface area (Å²) in [4.78, 5) is 29.8. The standard InChI is InChI=1S/C24H24FN3O2/c1-14-5-7-20(25)19-13-21(27-23(14)19)24(30)26-17-4-2-3-15(11-17)16-9-10-28-18(12-16)6-8-22(28)29/h2-5,7,11,13,16,18,27H,6,8-10,12H2,1H3,(H,26,30)/t16-,18+/m0/s1. The SMILES string of the molecule is Cc1ccc(F)c2cc(C(=O)Nc3cccc([C@H]4CCN5C(=O)CC[C@@H]5C4)c3)[nH]c12. The lowest BCUT2D eigenvalue weighted by Crippen LogP contribution is -2.39. The molecule has 0 saturated carbocycles. The average molecular weight is 405 g/mol. The van der Waals surface area contributed by atoms with Gasteiger partial charge in [-0.2, -0.15) is 0 Å². The van der Waals surface area contributed by atoms with Crippen LogP contribution in [0.25, 0.3) is 10.9 Å². The van der Waals surface area contributed by atoms with Crippen LogP contribution in [0.2, 0.25) is 0 Å². The third-order valence-corrected chi connectivity index (χ3v) is 6.54. The largest absolute Gasteiger partial charge is 0.350 e. The third kappa shape index (κ3) is 3.26. The molecule has 1 aromatic heterocycles. The Morgan fingerprint density at radius 2 is 2.07 bits per heavy atom. The summed E-state index contributed by atoms with van der Waals surface area (Å²) in [7, 11) is 0. The second kappa shape index (κ2) is 7.27. The van der Waals surface area contributed by atoms with Crippen LogP contribution in [-0.4, -0.2) is 34.3 Å². The molecule has 0 aliphatic carbocycles. The molecule has 3 aromatic rings. The number of fused-ring (bicyclic) bond motifs is 2. The van der Waals surface area contributed by atoms with E-state index in [0.29, 0.717) is 35.0 Å². The number of aromatic nitrogens is 1. The molecule has 2 aliphatic rings. The molecule has 154 valence electrons. The molecule has 30 heavy (non-hydrogen) atoms. The van der Waals surface area contributed by atoms with Gasteiger partial charge in [0.25, 0.3) is 5.91 Å². The second-order valence-electron chi connectivity index (χ2n) is 8.42. The zero-order chi connectivity index (χ0) is 20.8. The molecular weight excluding hydrogens is 381 g/mol. The van der Waals surface area contributed by atoms with Gasteiger partial charge in [-0.15, -0.1) is 0 Å². The van der Waals surface area contributed by atoms with Crippen molar-refractivity contribution in [1.29, 1.82) is 0 Å². The van der Waals surface area contributed by atoms with E-state index in [-0.39, 0.29) is 17.6 Å². The molecule has 6 heteroatoms. The minimum Gasteiger partial charge on any atom is -0.350 e. The molecule has 0 unspecified atom stereocenters. The molecule has 2 fully saturated rings. The Morgan fingerprint density at radius 3 is 2.90 bits per heavy atom. The minimum absolute atomic E-state index is 0.282. The maximum absolute atomic E-state index is 14.1. The number of H-pyrrole nitrogens is 1. The van der Waals surface area contributed by atoms with E-state index in [4.69, 9.17) is 0 Å². The molecule has 0 radical (unpaired) electrons.